The average molecular weight is 366 g/mol. The Morgan fingerprint density at radius 1 is 1.28 bits per heavy atom. The highest BCUT2D eigenvalue weighted by Crippen LogP contribution is 2.28. The number of amides is 2. The molecule has 136 valence electrons. The van der Waals surface area contributed by atoms with Gasteiger partial charge in [0, 0.05) is 19.8 Å². The van der Waals surface area contributed by atoms with Gasteiger partial charge in [-0.15, -0.1) is 0 Å². The van der Waals surface area contributed by atoms with E-state index < -0.39 is 12.1 Å². The van der Waals surface area contributed by atoms with Crippen LogP contribution in [0.4, 0.5) is 5.69 Å². The van der Waals surface area contributed by atoms with Crippen molar-refractivity contribution in [3.63, 3.8) is 0 Å². The quantitative estimate of drug-likeness (QED) is 0.850. The fourth-order valence-electron chi connectivity index (χ4n) is 3.48. The summed E-state index contributed by atoms with van der Waals surface area (Å²) in [5, 5.41) is 3.38. The molecule has 7 heteroatoms. The zero-order valence-corrected chi connectivity index (χ0v) is 14.9. The summed E-state index contributed by atoms with van der Waals surface area (Å²) in [6.45, 7) is 1.86. The molecule has 2 aliphatic rings. The minimum absolute atomic E-state index is 0.104. The van der Waals surface area contributed by atoms with Crippen LogP contribution in [0.2, 0.25) is 5.02 Å². The van der Waals surface area contributed by atoms with Crippen molar-refractivity contribution < 1.29 is 14.3 Å². The minimum atomic E-state index is -0.604. The molecule has 1 aromatic carbocycles. The largest absolute Gasteiger partial charge is 0.381 e. The van der Waals surface area contributed by atoms with Gasteiger partial charge in [-0.05, 0) is 43.7 Å². The van der Waals surface area contributed by atoms with Crippen molar-refractivity contribution in [1.82, 2.24) is 5.32 Å². The Labute approximate surface area is 152 Å². The number of halogens is 1. The van der Waals surface area contributed by atoms with Crippen LogP contribution in [0.15, 0.2) is 24.3 Å². The minimum Gasteiger partial charge on any atom is -0.381 e. The molecule has 2 aliphatic heterocycles. The van der Waals surface area contributed by atoms with Gasteiger partial charge in [-0.3, -0.25) is 9.59 Å². The molecular weight excluding hydrogens is 342 g/mol. The zero-order chi connectivity index (χ0) is 17.8. The molecule has 6 nitrogen and oxygen atoms in total. The molecule has 0 spiro atoms. The van der Waals surface area contributed by atoms with E-state index in [1.165, 1.54) is 0 Å². The molecule has 3 rings (SSSR count). The Hall–Kier alpha value is -1.63. The highest BCUT2D eigenvalue weighted by Gasteiger charge is 2.34. The molecule has 2 unspecified atom stereocenters. The van der Waals surface area contributed by atoms with Gasteiger partial charge in [-0.2, -0.15) is 0 Å². The van der Waals surface area contributed by atoms with Crippen LogP contribution in [0.25, 0.3) is 0 Å². The lowest BCUT2D eigenvalue weighted by molar-refractivity contribution is -0.130. The normalized spacial score (nSPS) is 23.4. The molecule has 2 amide bonds. The molecule has 2 saturated heterocycles. The van der Waals surface area contributed by atoms with Crippen molar-refractivity contribution in [3.8, 4) is 0 Å². The van der Waals surface area contributed by atoms with Crippen molar-refractivity contribution in [2.75, 3.05) is 24.7 Å². The topological polar surface area (TPSA) is 84.7 Å². The van der Waals surface area contributed by atoms with Crippen molar-refractivity contribution in [2.24, 2.45) is 11.7 Å². The maximum atomic E-state index is 12.8. The Balaban J connectivity index is 1.65. The van der Waals surface area contributed by atoms with Gasteiger partial charge in [0.05, 0.1) is 16.8 Å². The first kappa shape index (κ1) is 18.2. The second-order valence-electron chi connectivity index (χ2n) is 6.62. The number of piperidine rings is 1. The summed E-state index contributed by atoms with van der Waals surface area (Å²) in [5.74, 6) is -0.287. The van der Waals surface area contributed by atoms with E-state index in [-0.39, 0.29) is 17.7 Å². The number of nitrogens with two attached hydrogens (primary N) is 1. The number of nitrogens with zero attached hydrogens (tertiary/aromatic N) is 1. The van der Waals surface area contributed by atoms with Gasteiger partial charge >= 0.3 is 0 Å². The Bertz CT molecular complexity index is 634. The standard InChI is InChI=1S/C18H24ClN3O3/c19-13-4-1-2-6-15(13)22-9-3-5-14(18(22)24)21-17(23)16(20)12-7-10-25-11-8-12/h1-2,4,6,12,14,16H,3,5,7-11,20H2,(H,21,23). The van der Waals surface area contributed by atoms with E-state index in [0.717, 1.165) is 19.3 Å². The maximum Gasteiger partial charge on any atom is 0.249 e. The third-order valence-corrected chi connectivity index (χ3v) is 5.29. The number of ether oxygens (including phenoxy) is 1. The lowest BCUT2D eigenvalue weighted by Gasteiger charge is -2.34. The van der Waals surface area contributed by atoms with Crippen LogP contribution in [0, 0.1) is 5.92 Å². The first-order valence-electron chi connectivity index (χ1n) is 8.77. The fraction of sp³-hybridized carbons (Fsp3) is 0.556. The lowest BCUT2D eigenvalue weighted by atomic mass is 9.91. The molecule has 2 fully saturated rings. The first-order chi connectivity index (χ1) is 12.1. The van der Waals surface area contributed by atoms with Crippen LogP contribution in [0.5, 0.6) is 0 Å². The van der Waals surface area contributed by atoms with E-state index in [1.54, 1.807) is 11.0 Å². The summed E-state index contributed by atoms with van der Waals surface area (Å²) in [7, 11) is 0. The number of para-hydroxylation sites is 1. The van der Waals surface area contributed by atoms with E-state index in [2.05, 4.69) is 5.32 Å². The number of hydrogen-bond donors (Lipinski definition) is 2. The van der Waals surface area contributed by atoms with E-state index >= 15 is 0 Å². The molecule has 2 atom stereocenters. The van der Waals surface area contributed by atoms with E-state index in [4.69, 9.17) is 22.1 Å². The van der Waals surface area contributed by atoms with Crippen LogP contribution in [-0.4, -0.2) is 43.7 Å². The van der Waals surface area contributed by atoms with E-state index in [1.807, 2.05) is 18.2 Å². The molecule has 0 radical (unpaired) electrons. The maximum absolute atomic E-state index is 12.8. The summed E-state index contributed by atoms with van der Waals surface area (Å²) in [5.41, 5.74) is 6.79. The summed E-state index contributed by atoms with van der Waals surface area (Å²) < 4.78 is 5.31. The number of rotatable bonds is 4. The SMILES string of the molecule is NC(C(=O)NC1CCCN(c2ccccc2Cl)C1=O)C1CCOCC1. The van der Waals surface area contributed by atoms with Gasteiger partial charge in [0.2, 0.25) is 11.8 Å². The smallest absolute Gasteiger partial charge is 0.249 e. The van der Waals surface area contributed by atoms with Crippen molar-refractivity contribution in [3.05, 3.63) is 29.3 Å². The van der Waals surface area contributed by atoms with Crippen LogP contribution in [0.3, 0.4) is 0 Å². The number of benzene rings is 1. The molecule has 0 saturated carbocycles. The molecular formula is C18H24ClN3O3. The van der Waals surface area contributed by atoms with Crippen LogP contribution < -0.4 is 16.0 Å². The summed E-state index contributed by atoms with van der Waals surface area (Å²) in [4.78, 5) is 26.9. The number of anilines is 1. The first-order valence-corrected chi connectivity index (χ1v) is 9.15. The van der Waals surface area contributed by atoms with Crippen molar-refractivity contribution in [2.45, 2.75) is 37.8 Å². The average Bonchev–Trinajstić information content (AvgIpc) is 2.64. The number of hydrogen-bond acceptors (Lipinski definition) is 4. The highest BCUT2D eigenvalue weighted by molar-refractivity contribution is 6.33. The van der Waals surface area contributed by atoms with E-state index in [0.29, 0.717) is 36.9 Å². The fourth-order valence-corrected chi connectivity index (χ4v) is 3.71. The predicted molar refractivity (Wildman–Crippen MR) is 96.5 cm³/mol. The third kappa shape index (κ3) is 4.14. The Kier molecular flexibility index (Phi) is 5.93. The molecule has 0 aromatic heterocycles. The monoisotopic (exact) mass is 365 g/mol. The van der Waals surface area contributed by atoms with Crippen molar-refractivity contribution >= 4 is 29.1 Å². The zero-order valence-electron chi connectivity index (χ0n) is 14.1. The van der Waals surface area contributed by atoms with Crippen LogP contribution in [-0.2, 0) is 14.3 Å². The second kappa shape index (κ2) is 8.17. The predicted octanol–water partition coefficient (Wildman–Crippen LogP) is 1.71. The van der Waals surface area contributed by atoms with Gasteiger partial charge in [0.1, 0.15) is 6.04 Å². The molecule has 0 aliphatic carbocycles. The van der Waals surface area contributed by atoms with Crippen LogP contribution >= 0.6 is 11.6 Å². The van der Waals surface area contributed by atoms with Crippen LogP contribution in [0.1, 0.15) is 25.7 Å². The summed E-state index contributed by atoms with van der Waals surface area (Å²) in [6, 6.07) is 6.09. The molecule has 3 N–H and O–H groups in total. The molecule has 2 heterocycles. The van der Waals surface area contributed by atoms with Crippen molar-refractivity contribution in [1.29, 1.82) is 0 Å². The van der Waals surface area contributed by atoms with Gasteiger partial charge in [-0.25, -0.2) is 0 Å². The molecule has 1 aromatic rings. The highest BCUT2D eigenvalue weighted by atomic mass is 35.5. The molecule has 0 bridgehead atoms. The van der Waals surface area contributed by atoms with E-state index in [9.17, 15) is 9.59 Å². The summed E-state index contributed by atoms with van der Waals surface area (Å²) >= 11 is 6.22. The van der Waals surface area contributed by atoms with Gasteiger partial charge in [0.25, 0.3) is 0 Å². The second-order valence-corrected chi connectivity index (χ2v) is 7.03. The van der Waals surface area contributed by atoms with Gasteiger partial charge in [0.15, 0.2) is 0 Å². The number of nitrogens with one attached hydrogen (secondary N) is 1. The Morgan fingerprint density at radius 3 is 2.72 bits per heavy atom. The Morgan fingerprint density at radius 2 is 2.00 bits per heavy atom. The summed E-state index contributed by atoms with van der Waals surface area (Å²) in [6.07, 6.45) is 2.97. The van der Waals surface area contributed by atoms with Gasteiger partial charge in [-0.1, -0.05) is 23.7 Å². The lowest BCUT2D eigenvalue weighted by Crippen LogP contribution is -2.57. The molecule has 25 heavy (non-hydrogen) atoms. The van der Waals surface area contributed by atoms with Gasteiger partial charge < -0.3 is 20.7 Å². The number of carbonyl (C=O) groups is 2. The third-order valence-electron chi connectivity index (χ3n) is 4.97. The number of carbonyl (C=O) groups excluding carboxylic acids is 2.